The maximum atomic E-state index is 11.5. The maximum absolute atomic E-state index is 11.5. The van der Waals surface area contributed by atoms with Crippen LogP contribution in [0.15, 0.2) is 4.99 Å². The molecule has 1 aliphatic rings. The molecule has 0 aliphatic carbocycles. The number of nitrogens with zero attached hydrogens (tertiary/aromatic N) is 1. The van der Waals surface area contributed by atoms with Crippen LogP contribution in [0.2, 0.25) is 0 Å². The minimum atomic E-state index is -0.733. The van der Waals surface area contributed by atoms with Gasteiger partial charge in [0, 0.05) is 25.4 Å². The fraction of sp³-hybridized carbons (Fsp3) is 0.769. The van der Waals surface area contributed by atoms with Gasteiger partial charge in [0.1, 0.15) is 5.71 Å². The number of carbonyl (C=O) groups excluding carboxylic acids is 1. The van der Waals surface area contributed by atoms with Gasteiger partial charge < -0.3 is 10.4 Å². The Bertz CT molecular complexity index is 326. The number of hydrogen-bond donors (Lipinski definition) is 2. The third-order valence-electron chi connectivity index (χ3n) is 3.13. The molecule has 0 radical (unpaired) electrons. The fourth-order valence-corrected chi connectivity index (χ4v) is 1.98. The lowest BCUT2D eigenvalue weighted by Gasteiger charge is -2.01. The summed E-state index contributed by atoms with van der Waals surface area (Å²) in [7, 11) is 0. The Morgan fingerprint density at radius 3 is 2.72 bits per heavy atom. The SMILES string of the molecule is CCC1CC(=NCCCCCCC(=O)O)C(=O)N1. The third-order valence-corrected chi connectivity index (χ3v) is 3.13. The van der Waals surface area contributed by atoms with E-state index in [9.17, 15) is 9.59 Å². The first-order chi connectivity index (χ1) is 8.63. The van der Waals surface area contributed by atoms with Gasteiger partial charge in [0.15, 0.2) is 0 Å². The van der Waals surface area contributed by atoms with Crippen molar-refractivity contribution in [2.45, 2.75) is 57.9 Å². The summed E-state index contributed by atoms with van der Waals surface area (Å²) < 4.78 is 0. The van der Waals surface area contributed by atoms with E-state index in [4.69, 9.17) is 5.11 Å². The van der Waals surface area contributed by atoms with E-state index in [1.807, 2.05) is 0 Å². The van der Waals surface area contributed by atoms with Crippen molar-refractivity contribution in [2.24, 2.45) is 4.99 Å². The topological polar surface area (TPSA) is 78.8 Å². The van der Waals surface area contributed by atoms with Crippen LogP contribution >= 0.6 is 0 Å². The second kappa shape index (κ2) is 7.84. The van der Waals surface area contributed by atoms with E-state index in [2.05, 4.69) is 17.2 Å². The van der Waals surface area contributed by atoms with Gasteiger partial charge in [-0.2, -0.15) is 0 Å². The van der Waals surface area contributed by atoms with Crippen molar-refractivity contribution in [2.75, 3.05) is 6.54 Å². The molecule has 5 heteroatoms. The first-order valence-corrected chi connectivity index (χ1v) is 6.69. The second-order valence-corrected chi connectivity index (χ2v) is 4.67. The molecule has 0 aromatic carbocycles. The summed E-state index contributed by atoms with van der Waals surface area (Å²) in [6, 6.07) is 0.256. The van der Waals surface area contributed by atoms with Gasteiger partial charge in [0.05, 0.1) is 0 Å². The maximum Gasteiger partial charge on any atom is 0.303 e. The van der Waals surface area contributed by atoms with Crippen LogP contribution in [0.4, 0.5) is 0 Å². The van der Waals surface area contributed by atoms with Crippen molar-refractivity contribution in [1.82, 2.24) is 5.32 Å². The number of aliphatic carboxylic acids is 1. The van der Waals surface area contributed by atoms with E-state index in [-0.39, 0.29) is 18.4 Å². The van der Waals surface area contributed by atoms with Crippen molar-refractivity contribution in [3.63, 3.8) is 0 Å². The molecule has 1 aliphatic heterocycles. The highest BCUT2D eigenvalue weighted by Crippen LogP contribution is 2.09. The molecule has 5 nitrogen and oxygen atoms in total. The predicted octanol–water partition coefficient (Wildman–Crippen LogP) is 1.76. The second-order valence-electron chi connectivity index (χ2n) is 4.67. The number of carboxylic acid groups (broad SMARTS) is 1. The normalized spacial score (nSPS) is 21.3. The number of aliphatic imine (C=N–C) groups is 1. The quantitative estimate of drug-likeness (QED) is 0.648. The van der Waals surface area contributed by atoms with E-state index in [1.54, 1.807) is 0 Å². The lowest BCUT2D eigenvalue weighted by atomic mass is 10.1. The highest BCUT2D eigenvalue weighted by Gasteiger charge is 2.25. The number of carbonyl (C=O) groups is 2. The van der Waals surface area contributed by atoms with E-state index in [0.29, 0.717) is 12.3 Å². The molecule has 18 heavy (non-hydrogen) atoms. The van der Waals surface area contributed by atoms with Crippen LogP contribution in [-0.4, -0.2) is 35.3 Å². The number of unbranched alkanes of at least 4 members (excludes halogenated alkanes) is 3. The smallest absolute Gasteiger partial charge is 0.303 e. The number of rotatable bonds is 8. The summed E-state index contributed by atoms with van der Waals surface area (Å²) in [4.78, 5) is 26.1. The van der Waals surface area contributed by atoms with Gasteiger partial charge in [-0.1, -0.05) is 19.8 Å². The predicted molar refractivity (Wildman–Crippen MR) is 69.9 cm³/mol. The Labute approximate surface area is 108 Å². The van der Waals surface area contributed by atoms with Crippen LogP contribution in [0.1, 0.15) is 51.9 Å². The van der Waals surface area contributed by atoms with Gasteiger partial charge in [-0.15, -0.1) is 0 Å². The minimum Gasteiger partial charge on any atom is -0.481 e. The summed E-state index contributed by atoms with van der Waals surface area (Å²) in [6.45, 7) is 2.72. The van der Waals surface area contributed by atoms with Gasteiger partial charge >= 0.3 is 5.97 Å². The average molecular weight is 254 g/mol. The van der Waals surface area contributed by atoms with Gasteiger partial charge in [0.2, 0.25) is 0 Å². The van der Waals surface area contributed by atoms with Gasteiger partial charge in [-0.3, -0.25) is 14.6 Å². The van der Waals surface area contributed by atoms with Crippen LogP contribution in [0.25, 0.3) is 0 Å². The highest BCUT2D eigenvalue weighted by molar-refractivity contribution is 6.40. The van der Waals surface area contributed by atoms with Crippen LogP contribution in [0, 0.1) is 0 Å². The van der Waals surface area contributed by atoms with E-state index in [1.165, 1.54) is 0 Å². The van der Waals surface area contributed by atoms with Crippen LogP contribution in [0.5, 0.6) is 0 Å². The van der Waals surface area contributed by atoms with Crippen molar-refractivity contribution in [3.8, 4) is 0 Å². The summed E-state index contributed by atoms with van der Waals surface area (Å²) in [6.07, 6.45) is 5.48. The molecule has 0 aromatic heterocycles. The molecule has 1 heterocycles. The Kier molecular flexibility index (Phi) is 6.39. The number of amides is 1. The third kappa shape index (κ3) is 5.29. The molecule has 102 valence electrons. The summed E-state index contributed by atoms with van der Waals surface area (Å²) in [5.74, 6) is -0.754. The van der Waals surface area contributed by atoms with E-state index < -0.39 is 5.97 Å². The standard InChI is InChI=1S/C13H22N2O3/c1-2-10-9-11(13(18)15-10)14-8-6-4-3-5-7-12(16)17/h10H,2-9H2,1H3,(H,15,18)(H,16,17). The zero-order valence-electron chi connectivity index (χ0n) is 10.9. The Balaban J connectivity index is 2.10. The molecule has 1 atom stereocenters. The molecule has 2 N–H and O–H groups in total. The van der Waals surface area contributed by atoms with Gasteiger partial charge in [-0.05, 0) is 19.3 Å². The Morgan fingerprint density at radius 2 is 2.11 bits per heavy atom. The van der Waals surface area contributed by atoms with E-state index in [0.717, 1.165) is 38.5 Å². The average Bonchev–Trinajstić information content (AvgIpc) is 2.68. The summed E-state index contributed by atoms with van der Waals surface area (Å²) >= 11 is 0. The lowest BCUT2D eigenvalue weighted by molar-refractivity contribution is -0.137. The number of nitrogens with one attached hydrogen (secondary N) is 1. The van der Waals surface area contributed by atoms with Crippen LogP contribution in [-0.2, 0) is 9.59 Å². The zero-order valence-corrected chi connectivity index (χ0v) is 10.9. The molecule has 1 fully saturated rings. The van der Waals surface area contributed by atoms with Crippen LogP contribution < -0.4 is 5.32 Å². The van der Waals surface area contributed by atoms with Crippen LogP contribution in [0.3, 0.4) is 0 Å². The Hall–Kier alpha value is -1.39. The first-order valence-electron chi connectivity index (χ1n) is 6.69. The molecular weight excluding hydrogens is 232 g/mol. The largest absolute Gasteiger partial charge is 0.481 e. The molecule has 1 unspecified atom stereocenters. The van der Waals surface area contributed by atoms with Crippen molar-refractivity contribution in [3.05, 3.63) is 0 Å². The van der Waals surface area contributed by atoms with Crippen molar-refractivity contribution in [1.29, 1.82) is 0 Å². The van der Waals surface area contributed by atoms with Gasteiger partial charge in [-0.25, -0.2) is 0 Å². The number of carboxylic acids is 1. The zero-order chi connectivity index (χ0) is 13.4. The monoisotopic (exact) mass is 254 g/mol. The molecule has 0 saturated carbocycles. The minimum absolute atomic E-state index is 0.0206. The molecule has 1 saturated heterocycles. The molecule has 1 amide bonds. The van der Waals surface area contributed by atoms with Gasteiger partial charge in [0.25, 0.3) is 5.91 Å². The summed E-state index contributed by atoms with van der Waals surface area (Å²) in [5, 5.41) is 11.4. The highest BCUT2D eigenvalue weighted by atomic mass is 16.4. The fourth-order valence-electron chi connectivity index (χ4n) is 1.98. The molecule has 1 rings (SSSR count). The molecule has 0 aromatic rings. The van der Waals surface area contributed by atoms with Crippen molar-refractivity contribution < 1.29 is 14.7 Å². The molecule has 0 bridgehead atoms. The van der Waals surface area contributed by atoms with Crippen molar-refractivity contribution >= 4 is 17.6 Å². The number of hydrogen-bond acceptors (Lipinski definition) is 3. The van der Waals surface area contributed by atoms with E-state index >= 15 is 0 Å². The first kappa shape index (κ1) is 14.7. The molecular formula is C13H22N2O3. The lowest BCUT2D eigenvalue weighted by Crippen LogP contribution is -2.25. The Morgan fingerprint density at radius 1 is 1.39 bits per heavy atom. The molecule has 0 spiro atoms. The summed E-state index contributed by atoms with van der Waals surface area (Å²) in [5.41, 5.74) is 0.674.